The van der Waals surface area contributed by atoms with Crippen molar-refractivity contribution >= 4 is 38.9 Å². The first kappa shape index (κ1) is 30.4. The van der Waals surface area contributed by atoms with Crippen molar-refractivity contribution in [2.45, 2.75) is 6.92 Å². The molecular formula is C49H36N2. The lowest BCUT2D eigenvalue weighted by Crippen LogP contribution is -2.11. The molecule has 0 amide bonds. The average molecular weight is 653 g/mol. The van der Waals surface area contributed by atoms with Gasteiger partial charge in [0, 0.05) is 33.5 Å². The summed E-state index contributed by atoms with van der Waals surface area (Å²) in [5.41, 5.74) is 15.4. The summed E-state index contributed by atoms with van der Waals surface area (Å²) in [5.74, 6) is 0. The third-order valence-electron chi connectivity index (χ3n) is 9.91. The highest BCUT2D eigenvalue weighted by Gasteiger charge is 2.17. The molecular weight excluding hydrogens is 617 g/mol. The Bertz CT molecular complexity index is 2630. The molecule has 9 aromatic rings. The maximum Gasteiger partial charge on any atom is 0.0541 e. The van der Waals surface area contributed by atoms with E-state index in [1.54, 1.807) is 0 Å². The molecule has 0 spiro atoms. The lowest BCUT2D eigenvalue weighted by Gasteiger charge is -2.27. The van der Waals surface area contributed by atoms with Gasteiger partial charge in [0.1, 0.15) is 0 Å². The Morgan fingerprint density at radius 1 is 0.353 bits per heavy atom. The van der Waals surface area contributed by atoms with Gasteiger partial charge in [-0.3, -0.25) is 0 Å². The number of rotatable bonds is 7. The lowest BCUT2D eigenvalue weighted by molar-refractivity contribution is 1.18. The summed E-state index contributed by atoms with van der Waals surface area (Å²) in [7, 11) is 0. The fourth-order valence-corrected chi connectivity index (χ4v) is 7.39. The van der Waals surface area contributed by atoms with Gasteiger partial charge in [0.15, 0.2) is 0 Å². The molecule has 0 N–H and O–H groups in total. The number of aromatic nitrogens is 1. The Labute approximate surface area is 299 Å². The Morgan fingerprint density at radius 2 is 0.902 bits per heavy atom. The van der Waals surface area contributed by atoms with Gasteiger partial charge in [0.2, 0.25) is 0 Å². The van der Waals surface area contributed by atoms with Crippen molar-refractivity contribution in [1.29, 1.82) is 0 Å². The SMILES string of the molecule is Cc1ccccc1N(c1ccc(-c2ccc3c(c2)c2ccccc2n3-c2cccc(-c3ccccc3)c2)cc1)c1cccc(-c2ccccc2)c1. The molecule has 1 heterocycles. The first-order valence-corrected chi connectivity index (χ1v) is 17.5. The Balaban J connectivity index is 1.12. The predicted octanol–water partition coefficient (Wildman–Crippen LogP) is 13.6. The molecule has 242 valence electrons. The van der Waals surface area contributed by atoms with Crippen LogP contribution in [0, 0.1) is 6.92 Å². The highest BCUT2D eigenvalue weighted by molar-refractivity contribution is 6.10. The number of anilines is 3. The Hall–Kier alpha value is -6.64. The van der Waals surface area contributed by atoms with Gasteiger partial charge in [-0.25, -0.2) is 0 Å². The molecule has 8 aromatic carbocycles. The summed E-state index contributed by atoms with van der Waals surface area (Å²) < 4.78 is 2.40. The van der Waals surface area contributed by atoms with Gasteiger partial charge in [0.05, 0.1) is 11.0 Å². The van der Waals surface area contributed by atoms with Gasteiger partial charge in [-0.15, -0.1) is 0 Å². The molecule has 2 nitrogen and oxygen atoms in total. The first-order chi connectivity index (χ1) is 25.2. The van der Waals surface area contributed by atoms with Crippen LogP contribution in [0.1, 0.15) is 5.56 Å². The topological polar surface area (TPSA) is 8.17 Å². The number of hydrogen-bond acceptors (Lipinski definition) is 1. The summed E-state index contributed by atoms with van der Waals surface area (Å²) in [5, 5.41) is 2.50. The molecule has 51 heavy (non-hydrogen) atoms. The van der Waals surface area contributed by atoms with E-state index in [9.17, 15) is 0 Å². The van der Waals surface area contributed by atoms with Gasteiger partial charge in [-0.2, -0.15) is 0 Å². The minimum absolute atomic E-state index is 1.12. The fourth-order valence-electron chi connectivity index (χ4n) is 7.39. The van der Waals surface area contributed by atoms with Crippen molar-refractivity contribution in [3.63, 3.8) is 0 Å². The zero-order chi connectivity index (χ0) is 34.1. The van der Waals surface area contributed by atoms with Crippen molar-refractivity contribution in [3.05, 3.63) is 206 Å². The van der Waals surface area contributed by atoms with Crippen LogP contribution in [0.15, 0.2) is 200 Å². The molecule has 0 aliphatic rings. The molecule has 0 bridgehead atoms. The van der Waals surface area contributed by atoms with Gasteiger partial charge in [-0.1, -0.05) is 140 Å². The van der Waals surface area contributed by atoms with Gasteiger partial charge < -0.3 is 9.47 Å². The molecule has 1 aromatic heterocycles. The van der Waals surface area contributed by atoms with Gasteiger partial charge in [-0.05, 0) is 107 Å². The molecule has 0 aliphatic heterocycles. The summed E-state index contributed by atoms with van der Waals surface area (Å²) in [4.78, 5) is 2.37. The minimum Gasteiger partial charge on any atom is -0.310 e. The number of benzene rings is 8. The van der Waals surface area contributed by atoms with Crippen LogP contribution in [0.2, 0.25) is 0 Å². The van der Waals surface area contributed by atoms with E-state index in [2.05, 4.69) is 217 Å². The fraction of sp³-hybridized carbons (Fsp3) is 0.0204. The molecule has 9 rings (SSSR count). The number of hydrogen-bond donors (Lipinski definition) is 0. The smallest absolute Gasteiger partial charge is 0.0541 e. The van der Waals surface area contributed by atoms with Crippen molar-refractivity contribution in [1.82, 2.24) is 4.57 Å². The highest BCUT2D eigenvalue weighted by Crippen LogP contribution is 2.40. The van der Waals surface area contributed by atoms with Crippen molar-refractivity contribution in [2.75, 3.05) is 4.90 Å². The monoisotopic (exact) mass is 652 g/mol. The number of para-hydroxylation sites is 2. The van der Waals surface area contributed by atoms with Gasteiger partial charge in [0.25, 0.3) is 0 Å². The maximum atomic E-state index is 2.40. The second-order valence-corrected chi connectivity index (χ2v) is 13.1. The van der Waals surface area contributed by atoms with Gasteiger partial charge >= 0.3 is 0 Å². The molecule has 0 atom stereocenters. The molecule has 0 saturated heterocycles. The van der Waals surface area contributed by atoms with Crippen LogP contribution in [0.5, 0.6) is 0 Å². The normalized spacial score (nSPS) is 11.2. The molecule has 0 saturated carbocycles. The Morgan fingerprint density at radius 3 is 1.65 bits per heavy atom. The first-order valence-electron chi connectivity index (χ1n) is 17.5. The summed E-state index contributed by atoms with van der Waals surface area (Å²) in [6, 6.07) is 72.1. The molecule has 0 unspecified atom stereocenters. The average Bonchev–Trinajstić information content (AvgIpc) is 3.54. The number of nitrogens with zero attached hydrogens (tertiary/aromatic N) is 2. The van der Waals surface area contributed by atoms with E-state index < -0.39 is 0 Å². The van der Waals surface area contributed by atoms with Crippen LogP contribution in [0.3, 0.4) is 0 Å². The van der Waals surface area contributed by atoms with E-state index in [-0.39, 0.29) is 0 Å². The van der Waals surface area contributed by atoms with Crippen molar-refractivity contribution in [3.8, 4) is 39.1 Å². The largest absolute Gasteiger partial charge is 0.310 e. The van der Waals surface area contributed by atoms with E-state index >= 15 is 0 Å². The van der Waals surface area contributed by atoms with E-state index in [1.165, 1.54) is 66.4 Å². The third kappa shape index (κ3) is 5.67. The summed E-state index contributed by atoms with van der Waals surface area (Å²) >= 11 is 0. The lowest BCUT2D eigenvalue weighted by atomic mass is 10.0. The van der Waals surface area contributed by atoms with E-state index in [4.69, 9.17) is 0 Å². The van der Waals surface area contributed by atoms with Crippen molar-refractivity contribution in [2.24, 2.45) is 0 Å². The second kappa shape index (κ2) is 13.0. The third-order valence-corrected chi connectivity index (χ3v) is 9.91. The highest BCUT2D eigenvalue weighted by atomic mass is 15.1. The predicted molar refractivity (Wildman–Crippen MR) is 217 cm³/mol. The molecule has 0 aliphatic carbocycles. The Kier molecular flexibility index (Phi) is 7.75. The van der Waals surface area contributed by atoms with Crippen LogP contribution in [0.4, 0.5) is 17.1 Å². The number of fused-ring (bicyclic) bond motifs is 3. The van der Waals surface area contributed by atoms with E-state index in [0.717, 1.165) is 17.1 Å². The van der Waals surface area contributed by atoms with Crippen LogP contribution < -0.4 is 4.90 Å². The maximum absolute atomic E-state index is 2.40. The van der Waals surface area contributed by atoms with Crippen LogP contribution in [0.25, 0.3) is 60.9 Å². The van der Waals surface area contributed by atoms with E-state index in [0.29, 0.717) is 0 Å². The molecule has 0 radical (unpaired) electrons. The quantitative estimate of drug-likeness (QED) is 0.166. The van der Waals surface area contributed by atoms with Crippen LogP contribution in [-0.2, 0) is 0 Å². The summed E-state index contributed by atoms with van der Waals surface area (Å²) in [6.07, 6.45) is 0. The van der Waals surface area contributed by atoms with E-state index in [1.807, 2.05) is 0 Å². The zero-order valence-electron chi connectivity index (χ0n) is 28.4. The summed E-state index contributed by atoms with van der Waals surface area (Å²) in [6.45, 7) is 2.18. The van der Waals surface area contributed by atoms with Crippen molar-refractivity contribution < 1.29 is 0 Å². The molecule has 2 heteroatoms. The zero-order valence-corrected chi connectivity index (χ0v) is 28.4. The second-order valence-electron chi connectivity index (χ2n) is 13.1. The standard InChI is InChI=1S/C49H36N2/c1-35-14-8-10-24-47(35)50(43-21-12-19-39(32-43)36-15-4-2-5-16-36)42-29-26-38(27-30-42)41-28-31-49-46(34-41)45-23-9-11-25-48(45)51(49)44-22-13-20-40(33-44)37-17-6-3-7-18-37/h2-34H,1H3. The van der Waals surface area contributed by atoms with Crippen LogP contribution in [-0.4, -0.2) is 4.57 Å². The number of aryl methyl sites for hydroxylation is 1. The molecule has 0 fully saturated rings. The van der Waals surface area contributed by atoms with Crippen LogP contribution >= 0.6 is 0 Å². The minimum atomic E-state index is 1.12.